The molecule has 1 heterocycles. The second kappa shape index (κ2) is 7.33. The molecule has 1 atom stereocenters. The lowest BCUT2D eigenvalue weighted by Crippen LogP contribution is -2.42. The van der Waals surface area contributed by atoms with Gasteiger partial charge >= 0.3 is 5.97 Å². The minimum absolute atomic E-state index is 0. The Bertz CT molecular complexity index is 404. The zero-order valence-corrected chi connectivity index (χ0v) is 11.6. The topological polar surface area (TPSA) is 59.0 Å². The number of nitrogens with zero attached hydrogens (tertiary/aromatic N) is 1. The van der Waals surface area contributed by atoms with Gasteiger partial charge in [0.2, 0.25) is 0 Å². The van der Waals surface area contributed by atoms with Crippen molar-refractivity contribution >= 4 is 18.4 Å². The highest BCUT2D eigenvalue weighted by Crippen LogP contribution is 2.24. The molecule has 1 aromatic rings. The minimum atomic E-state index is -0.831. The van der Waals surface area contributed by atoms with Crippen LogP contribution in [0.25, 0.3) is 0 Å². The van der Waals surface area contributed by atoms with Gasteiger partial charge in [-0.2, -0.15) is 0 Å². The number of hydrogen-bond donors (Lipinski definition) is 1. The Kier molecular flexibility index (Phi) is 6.08. The third-order valence-corrected chi connectivity index (χ3v) is 3.08. The Hall–Kier alpha value is -1.30. The van der Waals surface area contributed by atoms with Crippen molar-refractivity contribution in [1.29, 1.82) is 0 Å². The predicted octanol–water partition coefficient (Wildman–Crippen LogP) is 1.57. The molecule has 1 N–H and O–H groups in total. The van der Waals surface area contributed by atoms with Crippen LogP contribution >= 0.6 is 12.4 Å². The van der Waals surface area contributed by atoms with Crippen molar-refractivity contribution < 1.29 is 19.4 Å². The van der Waals surface area contributed by atoms with Crippen LogP contribution in [0.3, 0.4) is 0 Å². The maximum absolute atomic E-state index is 11.4. The molecule has 1 aromatic carbocycles. The average Bonchev–Trinajstić information content (AvgIpc) is 2.40. The molecule has 5 nitrogen and oxygen atoms in total. The van der Waals surface area contributed by atoms with Gasteiger partial charge in [-0.1, -0.05) is 12.1 Å². The maximum Gasteiger partial charge on any atom is 0.325 e. The Morgan fingerprint density at radius 2 is 1.89 bits per heavy atom. The molecule has 0 amide bonds. The fourth-order valence-corrected chi connectivity index (χ4v) is 2.13. The van der Waals surface area contributed by atoms with E-state index in [1.807, 2.05) is 4.90 Å². The van der Waals surface area contributed by atoms with Gasteiger partial charge in [-0.25, -0.2) is 0 Å². The molecule has 106 valence electrons. The first-order valence-electron chi connectivity index (χ1n) is 5.91. The number of carbonyl (C=O) groups is 1. The molecule has 0 bridgehead atoms. The number of morpholine rings is 1. The Morgan fingerprint density at radius 3 is 2.37 bits per heavy atom. The molecule has 0 aliphatic carbocycles. The summed E-state index contributed by atoms with van der Waals surface area (Å²) in [5.41, 5.74) is 0.769. The summed E-state index contributed by atoms with van der Waals surface area (Å²) in [4.78, 5) is 13.4. The van der Waals surface area contributed by atoms with E-state index >= 15 is 0 Å². The standard InChI is InChI=1S/C13H17NO4.ClH/c1-17-11-4-2-10(3-5-11)12(13(15)16)14-6-8-18-9-7-14;/h2-5,12H,6-9H2,1H3,(H,15,16);1H. The highest BCUT2D eigenvalue weighted by Gasteiger charge is 2.28. The number of hydrogen-bond acceptors (Lipinski definition) is 4. The number of rotatable bonds is 4. The normalized spacial score (nSPS) is 17.3. The molecule has 1 aliphatic rings. The number of ether oxygens (including phenoxy) is 2. The lowest BCUT2D eigenvalue weighted by molar-refractivity contribution is -0.145. The zero-order chi connectivity index (χ0) is 13.0. The van der Waals surface area contributed by atoms with Crippen LogP contribution in [-0.2, 0) is 9.53 Å². The van der Waals surface area contributed by atoms with Crippen molar-refractivity contribution in [1.82, 2.24) is 4.90 Å². The lowest BCUT2D eigenvalue weighted by Gasteiger charge is -2.32. The fraction of sp³-hybridized carbons (Fsp3) is 0.462. The first-order valence-corrected chi connectivity index (χ1v) is 5.91. The first kappa shape index (κ1) is 15.8. The molecule has 1 fully saturated rings. The summed E-state index contributed by atoms with van der Waals surface area (Å²) in [5, 5.41) is 9.39. The molecular weight excluding hydrogens is 270 g/mol. The van der Waals surface area contributed by atoms with Gasteiger partial charge in [-0.3, -0.25) is 9.69 Å². The van der Waals surface area contributed by atoms with Gasteiger partial charge < -0.3 is 14.6 Å². The van der Waals surface area contributed by atoms with Gasteiger partial charge in [0.05, 0.1) is 20.3 Å². The second-order valence-corrected chi connectivity index (χ2v) is 4.16. The van der Waals surface area contributed by atoms with E-state index in [-0.39, 0.29) is 12.4 Å². The maximum atomic E-state index is 11.4. The third-order valence-electron chi connectivity index (χ3n) is 3.08. The average molecular weight is 288 g/mol. The van der Waals surface area contributed by atoms with Gasteiger partial charge in [0, 0.05) is 13.1 Å². The number of carboxylic acids is 1. The van der Waals surface area contributed by atoms with Crippen molar-refractivity contribution in [3.8, 4) is 5.75 Å². The largest absolute Gasteiger partial charge is 0.497 e. The van der Waals surface area contributed by atoms with Crippen LogP contribution in [0.15, 0.2) is 24.3 Å². The monoisotopic (exact) mass is 287 g/mol. The predicted molar refractivity (Wildman–Crippen MR) is 73.0 cm³/mol. The van der Waals surface area contributed by atoms with Crippen LogP contribution in [0.5, 0.6) is 5.75 Å². The van der Waals surface area contributed by atoms with E-state index in [2.05, 4.69) is 0 Å². The van der Waals surface area contributed by atoms with Crippen LogP contribution in [0.4, 0.5) is 0 Å². The summed E-state index contributed by atoms with van der Waals surface area (Å²) in [6.07, 6.45) is 0. The fourth-order valence-electron chi connectivity index (χ4n) is 2.13. The Labute approximate surface area is 118 Å². The van der Waals surface area contributed by atoms with Crippen LogP contribution in [-0.4, -0.2) is 49.4 Å². The number of halogens is 1. The molecule has 0 aromatic heterocycles. The van der Waals surface area contributed by atoms with E-state index in [1.54, 1.807) is 31.4 Å². The summed E-state index contributed by atoms with van der Waals surface area (Å²) in [5.74, 6) is -0.105. The van der Waals surface area contributed by atoms with E-state index in [0.29, 0.717) is 26.3 Å². The van der Waals surface area contributed by atoms with Gasteiger partial charge in [0.1, 0.15) is 11.8 Å². The van der Waals surface area contributed by atoms with Crippen molar-refractivity contribution in [3.63, 3.8) is 0 Å². The van der Waals surface area contributed by atoms with Gasteiger partial charge in [0.15, 0.2) is 0 Å². The highest BCUT2D eigenvalue weighted by atomic mass is 35.5. The van der Waals surface area contributed by atoms with Crippen LogP contribution in [0, 0.1) is 0 Å². The van der Waals surface area contributed by atoms with Gasteiger partial charge in [-0.15, -0.1) is 12.4 Å². The van der Waals surface area contributed by atoms with Crippen LogP contribution in [0.1, 0.15) is 11.6 Å². The smallest absolute Gasteiger partial charge is 0.325 e. The number of carboxylic acid groups (broad SMARTS) is 1. The van der Waals surface area contributed by atoms with Gasteiger partial charge in [0.25, 0.3) is 0 Å². The molecule has 1 aliphatic heterocycles. The Morgan fingerprint density at radius 1 is 1.32 bits per heavy atom. The molecule has 2 rings (SSSR count). The highest BCUT2D eigenvalue weighted by molar-refractivity contribution is 5.85. The van der Waals surface area contributed by atoms with Crippen LogP contribution < -0.4 is 4.74 Å². The Balaban J connectivity index is 0.00000180. The van der Waals surface area contributed by atoms with E-state index in [9.17, 15) is 9.90 Å². The molecule has 19 heavy (non-hydrogen) atoms. The molecule has 6 heteroatoms. The molecule has 0 radical (unpaired) electrons. The number of aliphatic carboxylic acids is 1. The SMILES string of the molecule is COc1ccc(C(C(=O)O)N2CCOCC2)cc1.Cl. The molecular formula is C13H18ClNO4. The number of benzene rings is 1. The summed E-state index contributed by atoms with van der Waals surface area (Å²) in [6.45, 7) is 2.45. The molecule has 0 saturated carbocycles. The van der Waals surface area contributed by atoms with Crippen molar-refractivity contribution in [2.75, 3.05) is 33.4 Å². The van der Waals surface area contributed by atoms with Crippen molar-refractivity contribution in [2.24, 2.45) is 0 Å². The van der Waals surface area contributed by atoms with Crippen molar-refractivity contribution in [3.05, 3.63) is 29.8 Å². The van der Waals surface area contributed by atoms with E-state index in [4.69, 9.17) is 9.47 Å². The first-order chi connectivity index (χ1) is 8.72. The van der Waals surface area contributed by atoms with E-state index in [0.717, 1.165) is 11.3 Å². The van der Waals surface area contributed by atoms with Gasteiger partial charge in [-0.05, 0) is 17.7 Å². The minimum Gasteiger partial charge on any atom is -0.497 e. The summed E-state index contributed by atoms with van der Waals surface area (Å²) < 4.78 is 10.3. The van der Waals surface area contributed by atoms with E-state index < -0.39 is 12.0 Å². The third kappa shape index (κ3) is 3.83. The molecule has 0 spiro atoms. The van der Waals surface area contributed by atoms with E-state index in [1.165, 1.54) is 0 Å². The quantitative estimate of drug-likeness (QED) is 0.911. The molecule has 1 saturated heterocycles. The number of methoxy groups -OCH3 is 1. The lowest BCUT2D eigenvalue weighted by atomic mass is 10.0. The summed E-state index contributed by atoms with van der Waals surface area (Å²) in [7, 11) is 1.59. The summed E-state index contributed by atoms with van der Waals surface area (Å²) >= 11 is 0. The summed E-state index contributed by atoms with van der Waals surface area (Å²) in [6, 6.07) is 6.55. The molecule has 1 unspecified atom stereocenters. The zero-order valence-electron chi connectivity index (χ0n) is 10.7. The second-order valence-electron chi connectivity index (χ2n) is 4.16. The van der Waals surface area contributed by atoms with Crippen molar-refractivity contribution in [2.45, 2.75) is 6.04 Å². The van der Waals surface area contributed by atoms with Crippen LogP contribution in [0.2, 0.25) is 0 Å².